The van der Waals surface area contributed by atoms with Gasteiger partial charge in [0.1, 0.15) is 17.2 Å². The Morgan fingerprint density at radius 2 is 1.82 bits per heavy atom. The lowest BCUT2D eigenvalue weighted by Gasteiger charge is -2.09. The molecule has 34 heavy (non-hydrogen) atoms. The molecule has 5 heteroatoms. The number of nitrogens with zero attached hydrogens (tertiary/aromatic N) is 2. The molecule has 0 fully saturated rings. The number of allylic oxidation sites excluding steroid dienone is 1. The highest BCUT2D eigenvalue weighted by atomic mass is 16.5. The molecule has 0 bridgehead atoms. The van der Waals surface area contributed by atoms with Crippen molar-refractivity contribution in [2.45, 2.75) is 27.2 Å². The van der Waals surface area contributed by atoms with E-state index in [2.05, 4.69) is 6.92 Å². The van der Waals surface area contributed by atoms with Gasteiger partial charge in [-0.3, -0.25) is 4.79 Å². The number of benzene rings is 3. The standard InChI is InChI=1S/C29H26N2O3/c1-4-14-33-23-11-12-24(20(3)16-23)28-21(18-31(30-28)22-8-6-5-7-9-22)17-27-29(32)25-15-19(2)10-13-26(25)34-27/h5-13,15-18H,4,14H2,1-3H3/b27-17-. The second kappa shape index (κ2) is 9.02. The van der Waals surface area contributed by atoms with Crippen LogP contribution in [0.3, 0.4) is 0 Å². The maximum atomic E-state index is 13.1. The minimum absolute atomic E-state index is 0.114. The number of Topliss-reactive ketones (excluding diaryl/α,β-unsaturated/α-hetero) is 1. The van der Waals surface area contributed by atoms with Crippen LogP contribution in [0.25, 0.3) is 23.0 Å². The summed E-state index contributed by atoms with van der Waals surface area (Å²) in [5, 5.41) is 4.90. The van der Waals surface area contributed by atoms with Gasteiger partial charge >= 0.3 is 0 Å². The van der Waals surface area contributed by atoms with Crippen molar-refractivity contribution in [1.82, 2.24) is 9.78 Å². The molecular weight excluding hydrogens is 424 g/mol. The van der Waals surface area contributed by atoms with Crippen LogP contribution in [0.5, 0.6) is 11.5 Å². The van der Waals surface area contributed by atoms with E-state index >= 15 is 0 Å². The molecule has 0 radical (unpaired) electrons. The molecule has 0 aliphatic carbocycles. The number of carbonyl (C=O) groups excluding carboxylic acids is 1. The van der Waals surface area contributed by atoms with E-state index in [-0.39, 0.29) is 5.78 Å². The molecule has 5 rings (SSSR count). The lowest BCUT2D eigenvalue weighted by atomic mass is 10.0. The Hall–Kier alpha value is -4.12. The summed E-state index contributed by atoms with van der Waals surface area (Å²) in [5.74, 6) is 1.62. The predicted molar refractivity (Wildman–Crippen MR) is 134 cm³/mol. The van der Waals surface area contributed by atoms with E-state index in [9.17, 15) is 4.79 Å². The molecule has 0 unspecified atom stereocenters. The van der Waals surface area contributed by atoms with E-state index in [1.54, 1.807) is 6.08 Å². The summed E-state index contributed by atoms with van der Waals surface area (Å²) >= 11 is 0. The van der Waals surface area contributed by atoms with Crippen LogP contribution in [0.4, 0.5) is 0 Å². The highest BCUT2D eigenvalue weighted by molar-refractivity contribution is 6.14. The van der Waals surface area contributed by atoms with Gasteiger partial charge in [-0.25, -0.2) is 4.68 Å². The molecule has 0 saturated carbocycles. The smallest absolute Gasteiger partial charge is 0.231 e. The molecule has 1 aliphatic heterocycles. The highest BCUT2D eigenvalue weighted by Crippen LogP contribution is 2.35. The molecule has 0 N–H and O–H groups in total. The first-order chi connectivity index (χ1) is 16.5. The number of ether oxygens (including phenoxy) is 2. The number of aryl methyl sites for hydroxylation is 2. The van der Waals surface area contributed by atoms with E-state index in [1.165, 1.54) is 0 Å². The lowest BCUT2D eigenvalue weighted by molar-refractivity contribution is 0.101. The molecule has 1 aromatic heterocycles. The van der Waals surface area contributed by atoms with Crippen molar-refractivity contribution in [3.8, 4) is 28.4 Å². The average molecular weight is 451 g/mol. The van der Waals surface area contributed by atoms with Crippen molar-refractivity contribution in [2.24, 2.45) is 0 Å². The average Bonchev–Trinajstić information content (AvgIpc) is 3.40. The Bertz CT molecular complexity index is 1400. The van der Waals surface area contributed by atoms with Crippen molar-refractivity contribution in [3.63, 3.8) is 0 Å². The van der Waals surface area contributed by atoms with E-state index in [4.69, 9.17) is 14.6 Å². The second-order valence-electron chi connectivity index (χ2n) is 8.48. The summed E-state index contributed by atoms with van der Waals surface area (Å²) in [6.45, 7) is 6.78. The number of rotatable bonds is 6. The van der Waals surface area contributed by atoms with Gasteiger partial charge < -0.3 is 9.47 Å². The second-order valence-corrected chi connectivity index (χ2v) is 8.48. The van der Waals surface area contributed by atoms with E-state index in [0.29, 0.717) is 23.7 Å². The minimum Gasteiger partial charge on any atom is -0.494 e. The number of ketones is 1. The van der Waals surface area contributed by atoms with Crippen LogP contribution in [0, 0.1) is 13.8 Å². The minimum atomic E-state index is -0.114. The Balaban J connectivity index is 1.59. The first-order valence-corrected chi connectivity index (χ1v) is 11.5. The third-order valence-corrected chi connectivity index (χ3v) is 5.80. The zero-order chi connectivity index (χ0) is 23.7. The fraction of sp³-hybridized carbons (Fsp3) is 0.172. The zero-order valence-corrected chi connectivity index (χ0v) is 19.5. The lowest BCUT2D eigenvalue weighted by Crippen LogP contribution is -1.99. The maximum Gasteiger partial charge on any atom is 0.231 e. The number of para-hydroxylation sites is 1. The van der Waals surface area contributed by atoms with Crippen LogP contribution < -0.4 is 9.47 Å². The van der Waals surface area contributed by atoms with Crippen molar-refractivity contribution in [2.75, 3.05) is 6.61 Å². The zero-order valence-electron chi connectivity index (χ0n) is 19.5. The monoisotopic (exact) mass is 450 g/mol. The molecule has 0 amide bonds. The summed E-state index contributed by atoms with van der Waals surface area (Å²) in [4.78, 5) is 13.1. The molecule has 0 saturated heterocycles. The number of fused-ring (bicyclic) bond motifs is 1. The largest absolute Gasteiger partial charge is 0.494 e. The van der Waals surface area contributed by atoms with Crippen molar-refractivity contribution >= 4 is 11.9 Å². The topological polar surface area (TPSA) is 53.4 Å². The van der Waals surface area contributed by atoms with Gasteiger partial charge in [-0.15, -0.1) is 0 Å². The van der Waals surface area contributed by atoms with Crippen LogP contribution in [-0.2, 0) is 0 Å². The molecule has 5 nitrogen and oxygen atoms in total. The van der Waals surface area contributed by atoms with Crippen molar-refractivity contribution < 1.29 is 14.3 Å². The molecule has 1 aliphatic rings. The van der Waals surface area contributed by atoms with Gasteiger partial charge in [-0.1, -0.05) is 36.8 Å². The SMILES string of the molecule is CCCOc1ccc(-c2nn(-c3ccccc3)cc2/C=C2\Oc3ccc(C)cc3C2=O)c(C)c1. The first-order valence-electron chi connectivity index (χ1n) is 11.5. The van der Waals surface area contributed by atoms with Crippen LogP contribution >= 0.6 is 0 Å². The van der Waals surface area contributed by atoms with Crippen LogP contribution in [0.15, 0.2) is 78.7 Å². The fourth-order valence-electron chi connectivity index (χ4n) is 4.07. The Labute approximate surface area is 199 Å². The van der Waals surface area contributed by atoms with Gasteiger partial charge in [-0.05, 0) is 74.4 Å². The van der Waals surface area contributed by atoms with Gasteiger partial charge in [0.2, 0.25) is 5.78 Å². The number of hydrogen-bond donors (Lipinski definition) is 0. The van der Waals surface area contributed by atoms with Gasteiger partial charge in [0.15, 0.2) is 5.76 Å². The molecule has 2 heterocycles. The van der Waals surface area contributed by atoms with Gasteiger partial charge in [0.25, 0.3) is 0 Å². The van der Waals surface area contributed by atoms with Gasteiger partial charge in [-0.2, -0.15) is 5.10 Å². The summed E-state index contributed by atoms with van der Waals surface area (Å²) in [7, 11) is 0. The van der Waals surface area contributed by atoms with Crippen molar-refractivity contribution in [3.05, 3.63) is 101 Å². The van der Waals surface area contributed by atoms with Gasteiger partial charge in [0, 0.05) is 17.3 Å². The Kier molecular flexibility index (Phi) is 5.76. The Morgan fingerprint density at radius 1 is 1.00 bits per heavy atom. The molecule has 0 atom stereocenters. The highest BCUT2D eigenvalue weighted by Gasteiger charge is 2.28. The van der Waals surface area contributed by atoms with E-state index < -0.39 is 0 Å². The molecule has 3 aromatic carbocycles. The van der Waals surface area contributed by atoms with Gasteiger partial charge in [0.05, 0.1) is 17.9 Å². The van der Waals surface area contributed by atoms with Crippen LogP contribution in [0.2, 0.25) is 0 Å². The number of hydrogen-bond acceptors (Lipinski definition) is 4. The normalized spacial score (nSPS) is 13.7. The molecule has 170 valence electrons. The predicted octanol–water partition coefficient (Wildman–Crippen LogP) is 6.56. The summed E-state index contributed by atoms with van der Waals surface area (Å²) in [5.41, 5.74) is 6.16. The fourth-order valence-corrected chi connectivity index (χ4v) is 4.07. The first kappa shape index (κ1) is 21.7. The quantitative estimate of drug-likeness (QED) is 0.312. The van der Waals surface area contributed by atoms with Crippen LogP contribution in [0.1, 0.15) is 40.4 Å². The summed E-state index contributed by atoms with van der Waals surface area (Å²) in [6, 6.07) is 21.6. The molecule has 0 spiro atoms. The molecular formula is C29H26N2O3. The Morgan fingerprint density at radius 3 is 2.59 bits per heavy atom. The van der Waals surface area contributed by atoms with Crippen LogP contribution in [-0.4, -0.2) is 22.2 Å². The number of aromatic nitrogens is 2. The third kappa shape index (κ3) is 4.13. The number of carbonyl (C=O) groups is 1. The maximum absolute atomic E-state index is 13.1. The summed E-state index contributed by atoms with van der Waals surface area (Å²) < 4.78 is 13.6. The summed E-state index contributed by atoms with van der Waals surface area (Å²) in [6.07, 6.45) is 4.68. The van der Waals surface area contributed by atoms with E-state index in [0.717, 1.165) is 45.8 Å². The molecule has 4 aromatic rings. The third-order valence-electron chi connectivity index (χ3n) is 5.80. The van der Waals surface area contributed by atoms with Crippen molar-refractivity contribution in [1.29, 1.82) is 0 Å². The van der Waals surface area contributed by atoms with E-state index in [1.807, 2.05) is 91.5 Å².